The molecule has 1 aromatic rings. The van der Waals surface area contributed by atoms with Crippen LogP contribution >= 0.6 is 0 Å². The molecule has 0 aromatic heterocycles. The first-order valence-electron chi connectivity index (χ1n) is 3.97. The summed E-state index contributed by atoms with van der Waals surface area (Å²) in [6, 6.07) is 8.16. The van der Waals surface area contributed by atoms with Gasteiger partial charge in [-0.2, -0.15) is 0 Å². The molecule has 2 nitrogen and oxygen atoms in total. The highest BCUT2D eigenvalue weighted by Crippen LogP contribution is 2.20. The number of benzene rings is 1. The highest BCUT2D eigenvalue weighted by Gasteiger charge is 2.15. The van der Waals surface area contributed by atoms with Crippen molar-refractivity contribution in [1.29, 1.82) is 0 Å². The van der Waals surface area contributed by atoms with Gasteiger partial charge in [-0.15, -0.1) is 0 Å². The summed E-state index contributed by atoms with van der Waals surface area (Å²) >= 11 is 0. The lowest BCUT2D eigenvalue weighted by molar-refractivity contribution is 0.433. The fraction of sp³-hybridized carbons (Fsp3) is 0.111. The summed E-state index contributed by atoms with van der Waals surface area (Å²) in [6.07, 6.45) is 2.07. The third kappa shape index (κ3) is 1.23. The Balaban J connectivity index is 2.33. The van der Waals surface area contributed by atoms with Crippen LogP contribution < -0.4 is 5.23 Å². The summed E-state index contributed by atoms with van der Waals surface area (Å²) in [4.78, 5) is 0. The lowest BCUT2D eigenvalue weighted by Crippen LogP contribution is -2.27. The average molecular weight is 159 g/mol. The van der Waals surface area contributed by atoms with Gasteiger partial charge in [0.1, 0.15) is 0 Å². The summed E-state index contributed by atoms with van der Waals surface area (Å²) in [7, 11) is 1.70. The lowest BCUT2D eigenvalue weighted by Gasteiger charge is -2.17. The van der Waals surface area contributed by atoms with Gasteiger partial charge in [-0.3, -0.25) is 0 Å². The van der Waals surface area contributed by atoms with Crippen LogP contribution in [0, 0.1) is 0 Å². The maximum atomic E-state index is 5.15. The number of anilines is 1. The van der Waals surface area contributed by atoms with Gasteiger partial charge in [-0.25, -0.2) is 0 Å². The predicted octanol–water partition coefficient (Wildman–Crippen LogP) is 1.80. The third-order valence-corrected chi connectivity index (χ3v) is 1.96. The van der Waals surface area contributed by atoms with Crippen LogP contribution in [-0.2, 0) is 4.65 Å². The van der Waals surface area contributed by atoms with Gasteiger partial charge in [0, 0.05) is 12.8 Å². The van der Waals surface area contributed by atoms with Crippen molar-refractivity contribution in [2.75, 3.05) is 12.3 Å². The first-order valence-corrected chi connectivity index (χ1v) is 3.97. The molecule has 0 spiro atoms. The summed E-state index contributed by atoms with van der Waals surface area (Å²) in [5, 5.41) is 3.24. The summed E-state index contributed by atoms with van der Waals surface area (Å²) < 4.78 is 5.15. The van der Waals surface area contributed by atoms with Gasteiger partial charge in [0.05, 0.1) is 0 Å². The zero-order valence-corrected chi connectivity index (χ0v) is 6.95. The fourth-order valence-electron chi connectivity index (χ4n) is 1.30. The molecule has 1 aliphatic heterocycles. The molecule has 0 radical (unpaired) electrons. The van der Waals surface area contributed by atoms with Crippen molar-refractivity contribution in [2.45, 2.75) is 0 Å². The Kier molecular flexibility index (Phi) is 1.88. The molecule has 0 saturated heterocycles. The van der Waals surface area contributed by atoms with Crippen LogP contribution in [0.3, 0.4) is 0 Å². The SMILES string of the molecule is COB1C=Cc2ccccc2N1. The maximum Gasteiger partial charge on any atom is 0.441 e. The summed E-state index contributed by atoms with van der Waals surface area (Å²) in [5.41, 5.74) is 2.35. The first-order chi connectivity index (χ1) is 5.90. The molecule has 1 heterocycles. The van der Waals surface area contributed by atoms with Crippen molar-refractivity contribution in [3.63, 3.8) is 0 Å². The molecular formula is C9H10BNO. The van der Waals surface area contributed by atoms with Gasteiger partial charge in [0.25, 0.3) is 0 Å². The van der Waals surface area contributed by atoms with Crippen molar-refractivity contribution in [3.8, 4) is 0 Å². The van der Waals surface area contributed by atoms with E-state index in [9.17, 15) is 0 Å². The van der Waals surface area contributed by atoms with Crippen molar-refractivity contribution >= 4 is 18.8 Å². The molecule has 0 fully saturated rings. The molecule has 2 rings (SSSR count). The van der Waals surface area contributed by atoms with Crippen molar-refractivity contribution in [2.24, 2.45) is 0 Å². The molecule has 0 saturated carbocycles. The molecule has 1 aromatic carbocycles. The number of nitrogens with one attached hydrogen (secondary N) is 1. The number of rotatable bonds is 1. The maximum absolute atomic E-state index is 5.15. The zero-order chi connectivity index (χ0) is 8.39. The van der Waals surface area contributed by atoms with Crippen LogP contribution in [0.2, 0.25) is 0 Å². The summed E-state index contributed by atoms with van der Waals surface area (Å²) in [5.74, 6) is 2.00. The number of para-hydroxylation sites is 1. The van der Waals surface area contributed by atoms with Crippen molar-refractivity contribution < 1.29 is 4.65 Å². The second-order valence-electron chi connectivity index (χ2n) is 2.75. The topological polar surface area (TPSA) is 21.3 Å². The minimum Gasteiger partial charge on any atom is -0.416 e. The largest absolute Gasteiger partial charge is 0.441 e. The minimum absolute atomic E-state index is 0.0138. The molecule has 0 amide bonds. The molecule has 12 heavy (non-hydrogen) atoms. The number of hydrogen-bond donors (Lipinski definition) is 1. The molecule has 0 bridgehead atoms. The second-order valence-corrected chi connectivity index (χ2v) is 2.75. The van der Waals surface area contributed by atoms with E-state index in [1.807, 2.05) is 24.2 Å². The monoisotopic (exact) mass is 159 g/mol. The van der Waals surface area contributed by atoms with Crippen LogP contribution in [0.15, 0.2) is 30.2 Å². The Morgan fingerprint density at radius 3 is 3.00 bits per heavy atom. The van der Waals surface area contributed by atoms with E-state index in [4.69, 9.17) is 4.65 Å². The van der Waals surface area contributed by atoms with E-state index in [-0.39, 0.29) is 7.05 Å². The highest BCUT2D eigenvalue weighted by atomic mass is 16.4. The third-order valence-electron chi connectivity index (χ3n) is 1.96. The van der Waals surface area contributed by atoms with Gasteiger partial charge in [-0.05, 0) is 11.6 Å². The summed E-state index contributed by atoms with van der Waals surface area (Å²) in [6.45, 7) is 0. The van der Waals surface area contributed by atoms with E-state index in [2.05, 4.69) is 17.4 Å². The van der Waals surface area contributed by atoms with E-state index >= 15 is 0 Å². The van der Waals surface area contributed by atoms with Crippen LogP contribution in [0.4, 0.5) is 5.69 Å². The standard InChI is InChI=1S/C9H10BNO/c1-12-10-7-6-8-4-2-3-5-9(8)11-10/h2-7,11H,1H3. The van der Waals surface area contributed by atoms with Gasteiger partial charge in [0.2, 0.25) is 0 Å². The van der Waals surface area contributed by atoms with E-state index in [0.29, 0.717) is 0 Å². The lowest BCUT2D eigenvalue weighted by atomic mass is 9.79. The fourth-order valence-corrected chi connectivity index (χ4v) is 1.30. The Bertz CT molecular complexity index is 311. The minimum atomic E-state index is 0.0138. The van der Waals surface area contributed by atoms with Crippen molar-refractivity contribution in [1.82, 2.24) is 0 Å². The van der Waals surface area contributed by atoms with E-state index in [0.717, 1.165) is 5.69 Å². The van der Waals surface area contributed by atoms with Crippen molar-refractivity contribution in [3.05, 3.63) is 35.8 Å². The van der Waals surface area contributed by atoms with Crippen LogP contribution in [0.25, 0.3) is 6.08 Å². The Morgan fingerprint density at radius 2 is 2.17 bits per heavy atom. The normalized spacial score (nSPS) is 13.9. The molecule has 0 atom stereocenters. The molecule has 1 aliphatic rings. The van der Waals surface area contributed by atoms with Gasteiger partial charge in [-0.1, -0.05) is 30.3 Å². The van der Waals surface area contributed by atoms with Gasteiger partial charge >= 0.3 is 7.05 Å². The average Bonchev–Trinajstić information content (AvgIpc) is 2.17. The number of hydrogen-bond acceptors (Lipinski definition) is 2. The molecular weight excluding hydrogens is 149 g/mol. The van der Waals surface area contributed by atoms with E-state index in [1.54, 1.807) is 7.11 Å². The Morgan fingerprint density at radius 1 is 1.33 bits per heavy atom. The van der Waals surface area contributed by atoms with E-state index < -0.39 is 0 Å². The quantitative estimate of drug-likeness (QED) is 0.630. The van der Waals surface area contributed by atoms with Gasteiger partial charge in [0.15, 0.2) is 0 Å². The zero-order valence-electron chi connectivity index (χ0n) is 6.95. The second kappa shape index (κ2) is 3.03. The first kappa shape index (κ1) is 7.43. The van der Waals surface area contributed by atoms with Crippen LogP contribution in [0.1, 0.15) is 5.56 Å². The smallest absolute Gasteiger partial charge is 0.416 e. The van der Waals surface area contributed by atoms with Crippen LogP contribution in [-0.4, -0.2) is 14.2 Å². The Hall–Kier alpha value is -1.22. The molecule has 0 unspecified atom stereocenters. The Labute approximate surface area is 72.4 Å². The molecule has 0 aliphatic carbocycles. The predicted molar refractivity (Wildman–Crippen MR) is 51.9 cm³/mol. The number of fused-ring (bicyclic) bond motifs is 1. The molecule has 60 valence electrons. The molecule has 3 heteroatoms. The van der Waals surface area contributed by atoms with Gasteiger partial charge < -0.3 is 9.88 Å². The highest BCUT2D eigenvalue weighted by molar-refractivity contribution is 6.63. The van der Waals surface area contributed by atoms with Crippen LogP contribution in [0.5, 0.6) is 0 Å². The molecule has 1 N–H and O–H groups in total. The van der Waals surface area contributed by atoms with E-state index in [1.165, 1.54) is 5.56 Å².